The highest BCUT2D eigenvalue weighted by Gasteiger charge is 2.11. The molecule has 1 heterocycles. The summed E-state index contributed by atoms with van der Waals surface area (Å²) in [5.41, 5.74) is 6.21. The summed E-state index contributed by atoms with van der Waals surface area (Å²) in [6, 6.07) is 25.7. The van der Waals surface area contributed by atoms with Gasteiger partial charge in [0, 0.05) is 41.8 Å². The van der Waals surface area contributed by atoms with Gasteiger partial charge >= 0.3 is 5.97 Å². The van der Waals surface area contributed by atoms with Gasteiger partial charge in [-0.3, -0.25) is 4.79 Å². The standard InChI is InChI=1S/C18H18N2.C8H8O2/c1-13-7-3-4-8-14(13)11-17(19)16-12-20(2)18-10-6-5-9-15(16)18;9-8(10)6-7-4-2-1-3-5-7/h3-10,12,19H,11H2,1-2H3;1-5H,6H2,(H,9,10). The van der Waals surface area contributed by atoms with E-state index in [1.165, 1.54) is 16.6 Å². The molecule has 0 spiro atoms. The van der Waals surface area contributed by atoms with E-state index in [4.69, 9.17) is 10.5 Å². The Kier molecular flexibility index (Phi) is 6.81. The zero-order valence-corrected chi connectivity index (χ0v) is 17.3. The van der Waals surface area contributed by atoms with E-state index in [1.54, 1.807) is 12.1 Å². The van der Waals surface area contributed by atoms with Crippen LogP contribution in [-0.4, -0.2) is 21.4 Å². The Morgan fingerprint density at radius 2 is 1.53 bits per heavy atom. The molecule has 4 heteroatoms. The molecule has 152 valence electrons. The van der Waals surface area contributed by atoms with Crippen LogP contribution < -0.4 is 0 Å². The van der Waals surface area contributed by atoms with E-state index in [9.17, 15) is 4.79 Å². The van der Waals surface area contributed by atoms with E-state index >= 15 is 0 Å². The molecule has 4 nitrogen and oxygen atoms in total. The number of aromatic nitrogens is 1. The molecule has 0 amide bonds. The first-order valence-electron chi connectivity index (χ1n) is 9.88. The molecule has 0 saturated heterocycles. The van der Waals surface area contributed by atoms with Crippen molar-refractivity contribution in [3.8, 4) is 0 Å². The van der Waals surface area contributed by atoms with Crippen LogP contribution >= 0.6 is 0 Å². The topological polar surface area (TPSA) is 66.1 Å². The predicted molar refractivity (Wildman–Crippen MR) is 122 cm³/mol. The number of nitrogens with zero attached hydrogens (tertiary/aromatic N) is 1. The van der Waals surface area contributed by atoms with Crippen molar-refractivity contribution in [3.05, 3.63) is 107 Å². The summed E-state index contributed by atoms with van der Waals surface area (Å²) in [6.07, 6.45) is 2.85. The summed E-state index contributed by atoms with van der Waals surface area (Å²) in [4.78, 5) is 10.2. The fraction of sp³-hybridized carbons (Fsp3) is 0.154. The number of rotatable bonds is 5. The van der Waals surface area contributed by atoms with Gasteiger partial charge in [0.05, 0.1) is 6.42 Å². The maximum absolute atomic E-state index is 10.2. The van der Waals surface area contributed by atoms with Crippen molar-refractivity contribution in [2.45, 2.75) is 19.8 Å². The molecule has 0 atom stereocenters. The minimum Gasteiger partial charge on any atom is -0.481 e. The minimum absolute atomic E-state index is 0.112. The smallest absolute Gasteiger partial charge is 0.307 e. The van der Waals surface area contributed by atoms with Crippen LogP contribution in [0, 0.1) is 12.3 Å². The van der Waals surface area contributed by atoms with Gasteiger partial charge in [-0.05, 0) is 29.7 Å². The fourth-order valence-corrected chi connectivity index (χ4v) is 3.45. The molecule has 0 unspecified atom stereocenters. The van der Waals surface area contributed by atoms with Crippen molar-refractivity contribution in [2.24, 2.45) is 7.05 Å². The monoisotopic (exact) mass is 398 g/mol. The lowest BCUT2D eigenvalue weighted by Crippen LogP contribution is -2.04. The molecule has 0 fully saturated rings. The van der Waals surface area contributed by atoms with Gasteiger partial charge in [0.1, 0.15) is 0 Å². The first kappa shape index (κ1) is 21.1. The highest BCUT2D eigenvalue weighted by Crippen LogP contribution is 2.22. The van der Waals surface area contributed by atoms with E-state index in [0.29, 0.717) is 12.1 Å². The second-order valence-electron chi connectivity index (χ2n) is 7.31. The fourth-order valence-electron chi connectivity index (χ4n) is 3.45. The summed E-state index contributed by atoms with van der Waals surface area (Å²) in [7, 11) is 2.03. The second-order valence-corrected chi connectivity index (χ2v) is 7.31. The summed E-state index contributed by atoms with van der Waals surface area (Å²) >= 11 is 0. The third-order valence-electron chi connectivity index (χ3n) is 5.05. The SMILES string of the molecule is Cc1ccccc1CC(=N)c1cn(C)c2ccccc12.O=C(O)Cc1ccccc1. The molecule has 0 saturated carbocycles. The van der Waals surface area contributed by atoms with Crippen molar-refractivity contribution in [1.29, 1.82) is 5.41 Å². The number of nitrogens with one attached hydrogen (secondary N) is 1. The normalized spacial score (nSPS) is 10.3. The summed E-state index contributed by atoms with van der Waals surface area (Å²) in [5.74, 6) is -0.786. The van der Waals surface area contributed by atoms with E-state index in [2.05, 4.69) is 42.0 Å². The van der Waals surface area contributed by atoms with E-state index < -0.39 is 5.97 Å². The number of carboxylic acid groups (broad SMARTS) is 1. The van der Waals surface area contributed by atoms with Gasteiger partial charge in [-0.1, -0.05) is 72.8 Å². The van der Waals surface area contributed by atoms with Gasteiger partial charge in [0.2, 0.25) is 0 Å². The average Bonchev–Trinajstić information content (AvgIpc) is 3.08. The molecule has 3 aromatic carbocycles. The largest absolute Gasteiger partial charge is 0.481 e. The molecule has 2 N–H and O–H groups in total. The quantitative estimate of drug-likeness (QED) is 0.441. The Labute approximate surface area is 176 Å². The third kappa shape index (κ3) is 5.23. The third-order valence-corrected chi connectivity index (χ3v) is 5.05. The highest BCUT2D eigenvalue weighted by molar-refractivity contribution is 6.10. The Morgan fingerprint density at radius 1 is 0.900 bits per heavy atom. The Hall–Kier alpha value is -3.66. The van der Waals surface area contributed by atoms with Gasteiger partial charge in [0.25, 0.3) is 0 Å². The summed E-state index contributed by atoms with van der Waals surface area (Å²) in [5, 5.41) is 18.0. The van der Waals surface area contributed by atoms with Crippen molar-refractivity contribution in [1.82, 2.24) is 4.57 Å². The lowest BCUT2D eigenvalue weighted by Gasteiger charge is -2.06. The molecule has 30 heavy (non-hydrogen) atoms. The Morgan fingerprint density at radius 3 is 2.23 bits per heavy atom. The van der Waals surface area contributed by atoms with E-state index in [0.717, 1.165) is 16.5 Å². The number of benzene rings is 3. The van der Waals surface area contributed by atoms with Crippen LogP contribution in [0.1, 0.15) is 22.3 Å². The van der Waals surface area contributed by atoms with Crippen molar-refractivity contribution in [3.63, 3.8) is 0 Å². The molecule has 4 rings (SSSR count). The number of para-hydroxylation sites is 1. The van der Waals surface area contributed by atoms with Crippen LogP contribution in [0.15, 0.2) is 85.1 Å². The predicted octanol–water partition coefficient (Wildman–Crippen LogP) is 5.41. The molecule has 0 aliphatic carbocycles. The van der Waals surface area contributed by atoms with E-state index in [-0.39, 0.29) is 6.42 Å². The minimum atomic E-state index is -0.786. The zero-order chi connectivity index (χ0) is 21.5. The highest BCUT2D eigenvalue weighted by atomic mass is 16.4. The molecule has 0 bridgehead atoms. The number of hydrogen-bond acceptors (Lipinski definition) is 2. The Balaban J connectivity index is 0.000000216. The Bertz CT molecular complexity index is 1160. The summed E-state index contributed by atoms with van der Waals surface area (Å²) in [6.45, 7) is 2.10. The van der Waals surface area contributed by atoms with Gasteiger partial charge in [-0.2, -0.15) is 0 Å². The van der Waals surface area contributed by atoms with Gasteiger partial charge in [0.15, 0.2) is 0 Å². The second kappa shape index (κ2) is 9.70. The van der Waals surface area contributed by atoms with Crippen LogP contribution in [0.4, 0.5) is 0 Å². The van der Waals surface area contributed by atoms with Gasteiger partial charge in [-0.15, -0.1) is 0 Å². The van der Waals surface area contributed by atoms with Crippen molar-refractivity contribution >= 4 is 22.6 Å². The molecule has 1 aromatic heterocycles. The first-order valence-corrected chi connectivity index (χ1v) is 9.88. The van der Waals surface area contributed by atoms with E-state index in [1.807, 2.05) is 49.5 Å². The molecule has 0 radical (unpaired) electrons. The summed E-state index contributed by atoms with van der Waals surface area (Å²) < 4.78 is 2.09. The number of carboxylic acids is 1. The molecular formula is C26H26N2O2. The molecule has 0 aliphatic rings. The molecule has 4 aromatic rings. The van der Waals surface area contributed by atoms with Crippen LogP contribution in [0.2, 0.25) is 0 Å². The lowest BCUT2D eigenvalue weighted by molar-refractivity contribution is -0.136. The van der Waals surface area contributed by atoms with Crippen LogP contribution in [0.25, 0.3) is 10.9 Å². The van der Waals surface area contributed by atoms with Gasteiger partial charge in [-0.25, -0.2) is 0 Å². The number of fused-ring (bicyclic) bond motifs is 1. The number of carbonyl (C=O) groups is 1. The molecular weight excluding hydrogens is 372 g/mol. The van der Waals surface area contributed by atoms with Gasteiger partial charge < -0.3 is 15.1 Å². The molecule has 0 aliphatic heterocycles. The number of aliphatic carboxylic acids is 1. The first-order chi connectivity index (χ1) is 14.5. The zero-order valence-electron chi connectivity index (χ0n) is 17.3. The van der Waals surface area contributed by atoms with Crippen molar-refractivity contribution in [2.75, 3.05) is 0 Å². The van der Waals surface area contributed by atoms with Crippen LogP contribution in [0.5, 0.6) is 0 Å². The maximum Gasteiger partial charge on any atom is 0.307 e. The lowest BCUT2D eigenvalue weighted by atomic mass is 9.99. The number of hydrogen-bond donors (Lipinski definition) is 2. The van der Waals surface area contributed by atoms with Crippen molar-refractivity contribution < 1.29 is 9.90 Å². The number of aryl methyl sites for hydroxylation is 2. The average molecular weight is 399 g/mol. The maximum atomic E-state index is 10.2. The van der Waals surface area contributed by atoms with Crippen LogP contribution in [0.3, 0.4) is 0 Å². The van der Waals surface area contributed by atoms with Crippen LogP contribution in [-0.2, 0) is 24.7 Å².